The van der Waals surface area contributed by atoms with Gasteiger partial charge < -0.3 is 9.47 Å². The van der Waals surface area contributed by atoms with Crippen molar-refractivity contribution in [1.29, 1.82) is 0 Å². The van der Waals surface area contributed by atoms with Crippen LogP contribution in [-0.4, -0.2) is 24.7 Å². The van der Waals surface area contributed by atoms with E-state index in [9.17, 15) is 14.9 Å². The molecule has 0 aromatic heterocycles. The number of nitrogens with one attached hydrogen (secondary N) is 1. The lowest BCUT2D eigenvalue weighted by molar-refractivity contribution is -0.384. The molecule has 0 saturated heterocycles. The first kappa shape index (κ1) is 16.4. The monoisotopic (exact) mass is 316 g/mol. The zero-order chi connectivity index (χ0) is 16.7. The molecule has 23 heavy (non-hydrogen) atoms. The second-order valence-corrected chi connectivity index (χ2v) is 4.71. The van der Waals surface area contributed by atoms with E-state index in [2.05, 4.69) is 5.32 Å². The van der Waals surface area contributed by atoms with E-state index in [1.807, 2.05) is 18.2 Å². The number of methoxy groups -OCH3 is 1. The van der Waals surface area contributed by atoms with Crippen LogP contribution in [0.4, 0.5) is 16.2 Å². The fraction of sp³-hybridized carbons (Fsp3) is 0.188. The van der Waals surface area contributed by atoms with Crippen molar-refractivity contribution in [2.45, 2.75) is 6.42 Å². The number of carbonyl (C=O) groups is 1. The number of rotatable bonds is 6. The molecule has 1 amide bonds. The second kappa shape index (κ2) is 7.90. The second-order valence-electron chi connectivity index (χ2n) is 4.71. The summed E-state index contributed by atoms with van der Waals surface area (Å²) in [6.45, 7) is 0.594. The fourth-order valence-corrected chi connectivity index (χ4v) is 1.91. The lowest BCUT2D eigenvalue weighted by Gasteiger charge is -2.08. The Bertz CT molecular complexity index is 685. The summed E-state index contributed by atoms with van der Waals surface area (Å²) < 4.78 is 10.1. The van der Waals surface area contributed by atoms with Gasteiger partial charge in [-0.05, 0) is 36.2 Å². The standard InChI is InChI=1S/C16H16N2O5/c1-22-10-9-12-3-2-4-13(11-12)17-16(19)23-15-7-5-14(6-8-15)18(20)21/h2-8,11H,9-10H2,1H3,(H,17,19). The molecule has 0 spiro atoms. The molecule has 2 rings (SSSR count). The Kier molecular flexibility index (Phi) is 5.65. The summed E-state index contributed by atoms with van der Waals surface area (Å²) in [6, 6.07) is 12.6. The zero-order valence-corrected chi connectivity index (χ0v) is 12.5. The van der Waals surface area contributed by atoms with Gasteiger partial charge in [-0.1, -0.05) is 12.1 Å². The summed E-state index contributed by atoms with van der Waals surface area (Å²) in [5, 5.41) is 13.2. The van der Waals surface area contributed by atoms with Gasteiger partial charge in [-0.3, -0.25) is 15.4 Å². The molecule has 0 atom stereocenters. The zero-order valence-electron chi connectivity index (χ0n) is 12.5. The molecular formula is C16H16N2O5. The van der Waals surface area contributed by atoms with Crippen LogP contribution in [0.2, 0.25) is 0 Å². The first-order valence-electron chi connectivity index (χ1n) is 6.89. The van der Waals surface area contributed by atoms with Gasteiger partial charge in [0.1, 0.15) is 5.75 Å². The van der Waals surface area contributed by atoms with Crippen LogP contribution in [0.5, 0.6) is 5.75 Å². The third-order valence-corrected chi connectivity index (χ3v) is 3.03. The summed E-state index contributed by atoms with van der Waals surface area (Å²) in [4.78, 5) is 21.9. The van der Waals surface area contributed by atoms with Crippen molar-refractivity contribution in [3.8, 4) is 5.75 Å². The maximum absolute atomic E-state index is 11.8. The average Bonchev–Trinajstić information content (AvgIpc) is 2.53. The number of non-ortho nitro benzene ring substituents is 1. The minimum Gasteiger partial charge on any atom is -0.410 e. The third kappa shape index (κ3) is 5.08. The van der Waals surface area contributed by atoms with E-state index in [0.29, 0.717) is 12.3 Å². The van der Waals surface area contributed by atoms with Crippen molar-refractivity contribution in [3.63, 3.8) is 0 Å². The van der Waals surface area contributed by atoms with Crippen LogP contribution >= 0.6 is 0 Å². The normalized spacial score (nSPS) is 10.1. The average molecular weight is 316 g/mol. The summed E-state index contributed by atoms with van der Waals surface area (Å²) in [7, 11) is 1.63. The summed E-state index contributed by atoms with van der Waals surface area (Å²) in [5.41, 5.74) is 1.56. The van der Waals surface area contributed by atoms with Gasteiger partial charge in [0.25, 0.3) is 5.69 Å². The van der Waals surface area contributed by atoms with E-state index >= 15 is 0 Å². The largest absolute Gasteiger partial charge is 0.417 e. The summed E-state index contributed by atoms with van der Waals surface area (Å²) in [5.74, 6) is 0.226. The molecular weight excluding hydrogens is 300 g/mol. The summed E-state index contributed by atoms with van der Waals surface area (Å²) >= 11 is 0. The topological polar surface area (TPSA) is 90.7 Å². The molecule has 0 aliphatic carbocycles. The molecule has 2 aromatic rings. The number of nitro groups is 1. The molecule has 120 valence electrons. The quantitative estimate of drug-likeness (QED) is 0.651. The molecule has 0 fully saturated rings. The van der Waals surface area contributed by atoms with Gasteiger partial charge in [-0.2, -0.15) is 0 Å². The van der Waals surface area contributed by atoms with Crippen molar-refractivity contribution in [2.24, 2.45) is 0 Å². The highest BCUT2D eigenvalue weighted by Gasteiger charge is 2.08. The highest BCUT2D eigenvalue weighted by molar-refractivity contribution is 5.86. The highest BCUT2D eigenvalue weighted by atomic mass is 16.6. The number of ether oxygens (including phenoxy) is 2. The van der Waals surface area contributed by atoms with Crippen LogP contribution in [0, 0.1) is 10.1 Å². The molecule has 2 aromatic carbocycles. The summed E-state index contributed by atoms with van der Waals surface area (Å²) in [6.07, 6.45) is 0.0754. The van der Waals surface area contributed by atoms with Gasteiger partial charge in [-0.25, -0.2) is 4.79 Å². The predicted octanol–water partition coefficient (Wildman–Crippen LogP) is 3.39. The first-order valence-corrected chi connectivity index (χ1v) is 6.89. The minimum atomic E-state index is -0.664. The number of hydrogen-bond acceptors (Lipinski definition) is 5. The van der Waals surface area contributed by atoms with Crippen LogP contribution in [0.3, 0.4) is 0 Å². The number of anilines is 1. The number of carbonyl (C=O) groups excluding carboxylic acids is 1. The lowest BCUT2D eigenvalue weighted by atomic mass is 10.1. The van der Waals surface area contributed by atoms with Crippen molar-refractivity contribution in [1.82, 2.24) is 0 Å². The third-order valence-electron chi connectivity index (χ3n) is 3.03. The molecule has 0 saturated carbocycles. The fourth-order valence-electron chi connectivity index (χ4n) is 1.91. The Balaban J connectivity index is 1.95. The van der Waals surface area contributed by atoms with E-state index in [1.165, 1.54) is 24.3 Å². The van der Waals surface area contributed by atoms with E-state index in [1.54, 1.807) is 13.2 Å². The van der Waals surface area contributed by atoms with Crippen molar-refractivity contribution >= 4 is 17.5 Å². The molecule has 1 N–H and O–H groups in total. The Labute approximate surface area is 133 Å². The van der Waals surface area contributed by atoms with Gasteiger partial charge in [0.05, 0.1) is 11.5 Å². The highest BCUT2D eigenvalue weighted by Crippen LogP contribution is 2.18. The molecule has 0 heterocycles. The number of nitrogens with zero attached hydrogens (tertiary/aromatic N) is 1. The molecule has 0 bridgehead atoms. The van der Waals surface area contributed by atoms with E-state index in [-0.39, 0.29) is 11.4 Å². The maximum atomic E-state index is 11.8. The van der Waals surface area contributed by atoms with Gasteiger partial charge in [-0.15, -0.1) is 0 Å². The molecule has 0 unspecified atom stereocenters. The Morgan fingerprint density at radius 2 is 1.96 bits per heavy atom. The first-order chi connectivity index (χ1) is 11.1. The lowest BCUT2D eigenvalue weighted by Crippen LogP contribution is -2.16. The van der Waals surface area contributed by atoms with Crippen molar-refractivity contribution < 1.29 is 19.2 Å². The minimum absolute atomic E-state index is 0.0661. The predicted molar refractivity (Wildman–Crippen MR) is 84.8 cm³/mol. The molecule has 0 radical (unpaired) electrons. The van der Waals surface area contributed by atoms with Gasteiger partial charge in [0.15, 0.2) is 0 Å². The van der Waals surface area contributed by atoms with Crippen molar-refractivity contribution in [2.75, 3.05) is 19.0 Å². The Morgan fingerprint density at radius 1 is 1.22 bits per heavy atom. The van der Waals surface area contributed by atoms with Crippen LogP contribution in [-0.2, 0) is 11.2 Å². The molecule has 0 aliphatic heterocycles. The van der Waals surface area contributed by atoms with E-state index in [4.69, 9.17) is 9.47 Å². The SMILES string of the molecule is COCCc1cccc(NC(=O)Oc2ccc([N+](=O)[O-])cc2)c1. The van der Waals surface area contributed by atoms with Gasteiger partial charge >= 0.3 is 6.09 Å². The van der Waals surface area contributed by atoms with Gasteiger partial charge in [0.2, 0.25) is 0 Å². The Hall–Kier alpha value is -2.93. The van der Waals surface area contributed by atoms with Crippen LogP contribution in [0.1, 0.15) is 5.56 Å². The van der Waals surface area contributed by atoms with Crippen LogP contribution in [0.15, 0.2) is 48.5 Å². The Morgan fingerprint density at radius 3 is 2.61 bits per heavy atom. The smallest absolute Gasteiger partial charge is 0.410 e. The number of amides is 1. The van der Waals surface area contributed by atoms with Gasteiger partial charge in [0, 0.05) is 24.9 Å². The molecule has 0 aliphatic rings. The van der Waals surface area contributed by atoms with Crippen LogP contribution < -0.4 is 10.1 Å². The van der Waals surface area contributed by atoms with Crippen LogP contribution in [0.25, 0.3) is 0 Å². The maximum Gasteiger partial charge on any atom is 0.417 e. The number of nitro benzene ring substituents is 1. The van der Waals surface area contributed by atoms with Crippen molar-refractivity contribution in [3.05, 3.63) is 64.2 Å². The van der Waals surface area contributed by atoms with E-state index < -0.39 is 11.0 Å². The molecule has 7 nitrogen and oxygen atoms in total. The molecule has 7 heteroatoms. The number of hydrogen-bond donors (Lipinski definition) is 1. The van der Waals surface area contributed by atoms with E-state index in [0.717, 1.165) is 12.0 Å². The number of benzene rings is 2.